The number of hydrazone groups is 1. The van der Waals surface area contributed by atoms with Gasteiger partial charge >= 0.3 is 0 Å². The predicted molar refractivity (Wildman–Crippen MR) is 132 cm³/mol. The molecule has 0 amide bonds. The van der Waals surface area contributed by atoms with E-state index in [1.807, 2.05) is 30.3 Å². The van der Waals surface area contributed by atoms with E-state index in [-0.39, 0.29) is 12.3 Å². The highest BCUT2D eigenvalue weighted by Gasteiger charge is 2.42. The van der Waals surface area contributed by atoms with Crippen LogP contribution in [0.2, 0.25) is 0 Å². The second kappa shape index (κ2) is 8.93. The van der Waals surface area contributed by atoms with Crippen LogP contribution >= 0.6 is 0 Å². The van der Waals surface area contributed by atoms with Crippen LogP contribution in [0.4, 0.5) is 0 Å². The fraction of sp³-hybridized carbons (Fsp3) is 0.321. The molecule has 3 aromatic rings. The van der Waals surface area contributed by atoms with E-state index in [4.69, 9.17) is 24.0 Å². The molecule has 2 atom stereocenters. The number of fused-ring (bicyclic) bond motifs is 3. The van der Waals surface area contributed by atoms with Crippen LogP contribution in [0.25, 0.3) is 0 Å². The van der Waals surface area contributed by atoms with Crippen molar-refractivity contribution in [2.45, 2.75) is 38.5 Å². The summed E-state index contributed by atoms with van der Waals surface area (Å²) in [6.45, 7) is 4.40. The Labute approximate surface area is 200 Å². The topological polar surface area (TPSA) is 52.5 Å². The molecule has 3 aromatic carbocycles. The fourth-order valence-corrected chi connectivity index (χ4v) is 4.70. The Morgan fingerprint density at radius 2 is 1.62 bits per heavy atom. The van der Waals surface area contributed by atoms with Crippen LogP contribution in [0, 0.1) is 0 Å². The fourth-order valence-electron chi connectivity index (χ4n) is 4.70. The molecule has 5 rings (SSSR count). The second-order valence-electron chi connectivity index (χ2n) is 8.89. The number of methoxy groups -OCH3 is 3. The van der Waals surface area contributed by atoms with E-state index in [0.717, 1.165) is 40.3 Å². The van der Waals surface area contributed by atoms with Crippen LogP contribution < -0.4 is 18.9 Å². The molecular weight excluding hydrogens is 428 g/mol. The van der Waals surface area contributed by atoms with Gasteiger partial charge in [-0.3, -0.25) is 0 Å². The smallest absolute Gasteiger partial charge is 0.214 e. The van der Waals surface area contributed by atoms with Crippen molar-refractivity contribution < 1.29 is 18.9 Å². The Hall–Kier alpha value is -3.67. The molecular formula is C28H30N2O4. The SMILES string of the molecule is COc1ccc(C2=NN3[C@H](C2)c2cccc(OC)c2O[C@@H]3c2ccc(C(C)C)cc2)cc1OC. The minimum absolute atomic E-state index is 0.0386. The summed E-state index contributed by atoms with van der Waals surface area (Å²) in [7, 11) is 4.97. The molecule has 0 spiro atoms. The predicted octanol–water partition coefficient (Wildman–Crippen LogP) is 6.08. The molecule has 0 saturated carbocycles. The molecule has 0 radical (unpaired) electrons. The molecule has 34 heavy (non-hydrogen) atoms. The third kappa shape index (κ3) is 3.73. The maximum absolute atomic E-state index is 6.57. The Balaban J connectivity index is 1.58. The zero-order valence-corrected chi connectivity index (χ0v) is 20.2. The molecule has 0 saturated heterocycles. The van der Waals surface area contributed by atoms with E-state index in [1.165, 1.54) is 5.56 Å². The highest BCUT2D eigenvalue weighted by atomic mass is 16.5. The Kier molecular flexibility index (Phi) is 5.82. The number of hydrogen-bond acceptors (Lipinski definition) is 6. The van der Waals surface area contributed by atoms with Crippen molar-refractivity contribution in [1.82, 2.24) is 5.01 Å². The first-order valence-electron chi connectivity index (χ1n) is 11.6. The van der Waals surface area contributed by atoms with Gasteiger partial charge in [0.05, 0.1) is 33.1 Å². The lowest BCUT2D eigenvalue weighted by Gasteiger charge is -2.38. The zero-order valence-electron chi connectivity index (χ0n) is 20.2. The maximum atomic E-state index is 6.57. The van der Waals surface area contributed by atoms with Crippen molar-refractivity contribution in [3.05, 3.63) is 82.9 Å². The number of rotatable bonds is 6. The Morgan fingerprint density at radius 3 is 2.29 bits per heavy atom. The largest absolute Gasteiger partial charge is 0.493 e. The molecule has 0 aliphatic carbocycles. The second-order valence-corrected chi connectivity index (χ2v) is 8.89. The van der Waals surface area contributed by atoms with Crippen LogP contribution in [0.3, 0.4) is 0 Å². The van der Waals surface area contributed by atoms with Gasteiger partial charge in [0.25, 0.3) is 0 Å². The van der Waals surface area contributed by atoms with Gasteiger partial charge < -0.3 is 18.9 Å². The van der Waals surface area contributed by atoms with E-state index >= 15 is 0 Å². The summed E-state index contributed by atoms with van der Waals surface area (Å²) in [5.74, 6) is 3.38. The Morgan fingerprint density at radius 1 is 0.882 bits per heavy atom. The van der Waals surface area contributed by atoms with Gasteiger partial charge in [-0.2, -0.15) is 5.10 Å². The minimum Gasteiger partial charge on any atom is -0.493 e. The van der Waals surface area contributed by atoms with Crippen molar-refractivity contribution in [1.29, 1.82) is 0 Å². The lowest BCUT2D eigenvalue weighted by molar-refractivity contribution is -0.0209. The summed E-state index contributed by atoms with van der Waals surface area (Å²) in [6.07, 6.45) is 0.396. The number of hydrogen-bond donors (Lipinski definition) is 0. The van der Waals surface area contributed by atoms with Gasteiger partial charge in [0.1, 0.15) is 0 Å². The Bertz CT molecular complexity index is 1220. The summed E-state index contributed by atoms with van der Waals surface area (Å²) < 4.78 is 23.2. The van der Waals surface area contributed by atoms with Crippen LogP contribution in [-0.2, 0) is 0 Å². The normalized spacial score (nSPS) is 18.6. The molecule has 6 nitrogen and oxygen atoms in total. The third-order valence-electron chi connectivity index (χ3n) is 6.61. The van der Waals surface area contributed by atoms with Crippen molar-refractivity contribution in [2.24, 2.45) is 5.10 Å². The molecule has 2 heterocycles. The summed E-state index contributed by atoms with van der Waals surface area (Å²) in [6, 6.07) is 20.6. The third-order valence-corrected chi connectivity index (χ3v) is 6.61. The number of nitrogens with zero attached hydrogens (tertiary/aromatic N) is 2. The van der Waals surface area contributed by atoms with Gasteiger partial charge in [-0.25, -0.2) is 5.01 Å². The average Bonchev–Trinajstić information content (AvgIpc) is 3.33. The minimum atomic E-state index is -0.354. The van der Waals surface area contributed by atoms with Crippen LogP contribution in [0.15, 0.2) is 65.8 Å². The first-order chi connectivity index (χ1) is 16.5. The van der Waals surface area contributed by atoms with Crippen molar-refractivity contribution >= 4 is 5.71 Å². The van der Waals surface area contributed by atoms with Gasteiger partial charge in [-0.1, -0.05) is 50.2 Å². The van der Waals surface area contributed by atoms with E-state index in [9.17, 15) is 0 Å². The quantitative estimate of drug-likeness (QED) is 0.448. The van der Waals surface area contributed by atoms with E-state index in [2.05, 4.69) is 49.2 Å². The molecule has 0 unspecified atom stereocenters. The molecule has 0 aromatic heterocycles. The molecule has 2 aliphatic heterocycles. The van der Waals surface area contributed by atoms with Gasteiger partial charge in [0.15, 0.2) is 23.0 Å². The number of para-hydroxylation sites is 1. The van der Waals surface area contributed by atoms with E-state index in [0.29, 0.717) is 17.4 Å². The van der Waals surface area contributed by atoms with Gasteiger partial charge in [-0.05, 0) is 35.7 Å². The van der Waals surface area contributed by atoms with Crippen LogP contribution in [-0.4, -0.2) is 32.0 Å². The summed E-state index contributed by atoms with van der Waals surface area (Å²) in [5, 5.41) is 7.15. The molecule has 0 fully saturated rings. The molecule has 6 heteroatoms. The first kappa shape index (κ1) is 22.1. The zero-order chi connectivity index (χ0) is 23.8. The number of benzene rings is 3. The van der Waals surface area contributed by atoms with Crippen molar-refractivity contribution in [3.8, 4) is 23.0 Å². The molecule has 176 valence electrons. The van der Waals surface area contributed by atoms with E-state index in [1.54, 1.807) is 21.3 Å². The highest BCUT2D eigenvalue weighted by Crippen LogP contribution is 2.51. The van der Waals surface area contributed by atoms with Crippen molar-refractivity contribution in [3.63, 3.8) is 0 Å². The summed E-state index contributed by atoms with van der Waals surface area (Å²) >= 11 is 0. The van der Waals surface area contributed by atoms with Crippen LogP contribution in [0.5, 0.6) is 23.0 Å². The first-order valence-corrected chi connectivity index (χ1v) is 11.6. The van der Waals surface area contributed by atoms with E-state index < -0.39 is 0 Å². The molecule has 0 bridgehead atoms. The lowest BCUT2D eigenvalue weighted by Crippen LogP contribution is -2.33. The van der Waals surface area contributed by atoms with Gasteiger partial charge in [-0.15, -0.1) is 0 Å². The average molecular weight is 459 g/mol. The summed E-state index contributed by atoms with van der Waals surface area (Å²) in [4.78, 5) is 0. The van der Waals surface area contributed by atoms with Gasteiger partial charge in [0, 0.05) is 23.1 Å². The monoisotopic (exact) mass is 458 g/mol. The lowest BCUT2D eigenvalue weighted by atomic mass is 9.95. The standard InChI is InChI=1S/C28H30N2O4/c1-17(2)18-9-11-19(12-10-18)28-30-23(21-7-6-8-25(32-4)27(21)34-28)16-22(29-30)20-13-14-24(31-3)26(15-20)33-5/h6-15,17,23,28H,16H2,1-5H3/t23-,28-/m1/s1. The van der Waals surface area contributed by atoms with Crippen molar-refractivity contribution in [2.75, 3.05) is 21.3 Å². The molecule has 2 aliphatic rings. The van der Waals surface area contributed by atoms with Crippen LogP contribution in [0.1, 0.15) is 60.7 Å². The van der Waals surface area contributed by atoms with Gasteiger partial charge in [0.2, 0.25) is 6.23 Å². The summed E-state index contributed by atoms with van der Waals surface area (Å²) in [5.41, 5.74) is 5.42. The maximum Gasteiger partial charge on any atom is 0.214 e. The number of ether oxygens (including phenoxy) is 4. The highest BCUT2D eigenvalue weighted by molar-refractivity contribution is 6.02. The molecule has 0 N–H and O–H groups in total.